The van der Waals surface area contributed by atoms with E-state index in [1.54, 1.807) is 19.9 Å². The number of ether oxygens (including phenoxy) is 1. The summed E-state index contributed by atoms with van der Waals surface area (Å²) in [5.74, 6) is -0.456. The van der Waals surface area contributed by atoms with Crippen molar-refractivity contribution in [1.29, 1.82) is 0 Å². The average molecular weight is 345 g/mol. The number of carbonyl (C=O) groups is 2. The quantitative estimate of drug-likeness (QED) is 0.563. The van der Waals surface area contributed by atoms with Crippen molar-refractivity contribution in [1.82, 2.24) is 5.32 Å². The number of esters is 1. The lowest BCUT2D eigenvalue weighted by Gasteiger charge is -2.16. The molecule has 0 spiro atoms. The van der Waals surface area contributed by atoms with Crippen LogP contribution in [0.3, 0.4) is 0 Å². The lowest BCUT2D eigenvalue weighted by atomic mass is 9.96. The summed E-state index contributed by atoms with van der Waals surface area (Å²) in [6.45, 7) is 11.7. The van der Waals surface area contributed by atoms with Gasteiger partial charge in [0, 0.05) is 0 Å². The smallest absolute Gasteiger partial charge is 0.354 e. The Labute approximate surface area is 151 Å². The van der Waals surface area contributed by atoms with E-state index in [4.69, 9.17) is 4.74 Å². The van der Waals surface area contributed by atoms with Gasteiger partial charge < -0.3 is 10.1 Å². The number of rotatable bonds is 8. The van der Waals surface area contributed by atoms with Crippen LogP contribution in [0.5, 0.6) is 0 Å². The lowest BCUT2D eigenvalue weighted by molar-refractivity contribution is -0.144. The maximum Gasteiger partial charge on any atom is 0.354 e. The second-order valence-electron chi connectivity index (χ2n) is 7.03. The molecule has 0 radical (unpaired) electrons. The van der Waals surface area contributed by atoms with Gasteiger partial charge in [-0.15, -0.1) is 0 Å². The largest absolute Gasteiger partial charge is 0.458 e. The van der Waals surface area contributed by atoms with Crippen LogP contribution in [0.15, 0.2) is 36.0 Å². The fraction of sp³-hybridized carbons (Fsp3) is 0.524. The van der Waals surface area contributed by atoms with Crippen LogP contribution in [-0.2, 0) is 20.7 Å². The molecule has 0 aliphatic rings. The molecule has 1 unspecified atom stereocenters. The summed E-state index contributed by atoms with van der Waals surface area (Å²) in [7, 11) is 0. The highest BCUT2D eigenvalue weighted by Crippen LogP contribution is 2.18. The van der Waals surface area contributed by atoms with E-state index in [9.17, 15) is 9.59 Å². The first kappa shape index (κ1) is 20.9. The lowest BCUT2D eigenvalue weighted by Crippen LogP contribution is -2.32. The standard InChI is InChI=1S/C21H31NO3/c1-7-8-19(21(24)25-15(4)5)22-20(23)16(6)18-11-9-17(10-12-18)13-14(2)3/h8-12,14-16H,7,13H2,1-6H3,(H,22,23)/b19-8-. The van der Waals surface area contributed by atoms with Crippen molar-refractivity contribution >= 4 is 11.9 Å². The summed E-state index contributed by atoms with van der Waals surface area (Å²) in [5.41, 5.74) is 2.40. The van der Waals surface area contributed by atoms with Gasteiger partial charge in [0.05, 0.1) is 12.0 Å². The molecule has 1 rings (SSSR count). The van der Waals surface area contributed by atoms with Crippen LogP contribution in [0.25, 0.3) is 0 Å². The van der Waals surface area contributed by atoms with Crippen LogP contribution < -0.4 is 5.32 Å². The molecule has 0 fully saturated rings. The van der Waals surface area contributed by atoms with E-state index in [-0.39, 0.29) is 23.6 Å². The van der Waals surface area contributed by atoms with E-state index in [0.29, 0.717) is 12.3 Å². The number of amides is 1. The third-order valence-corrected chi connectivity index (χ3v) is 3.75. The van der Waals surface area contributed by atoms with E-state index in [1.807, 2.05) is 26.0 Å². The van der Waals surface area contributed by atoms with Crippen LogP contribution >= 0.6 is 0 Å². The Morgan fingerprint density at radius 3 is 2.16 bits per heavy atom. The van der Waals surface area contributed by atoms with Crippen molar-refractivity contribution in [2.24, 2.45) is 5.92 Å². The monoisotopic (exact) mass is 345 g/mol. The highest BCUT2D eigenvalue weighted by Gasteiger charge is 2.20. The van der Waals surface area contributed by atoms with Crippen LogP contribution in [0.2, 0.25) is 0 Å². The molecule has 0 heterocycles. The Hall–Kier alpha value is -2.10. The maximum atomic E-state index is 12.5. The van der Waals surface area contributed by atoms with Crippen molar-refractivity contribution in [3.8, 4) is 0 Å². The predicted molar refractivity (Wildman–Crippen MR) is 101 cm³/mol. The van der Waals surface area contributed by atoms with Crippen molar-refractivity contribution < 1.29 is 14.3 Å². The second kappa shape index (κ2) is 10.0. The molecular weight excluding hydrogens is 314 g/mol. The maximum absolute atomic E-state index is 12.5. The van der Waals surface area contributed by atoms with Crippen LogP contribution in [0.1, 0.15) is 65.0 Å². The number of hydrogen-bond donors (Lipinski definition) is 1. The van der Waals surface area contributed by atoms with Gasteiger partial charge in [0.2, 0.25) is 5.91 Å². The van der Waals surface area contributed by atoms with Crippen LogP contribution in [-0.4, -0.2) is 18.0 Å². The normalized spacial score (nSPS) is 13.0. The summed E-state index contributed by atoms with van der Waals surface area (Å²) in [6.07, 6.45) is 3.11. The zero-order valence-corrected chi connectivity index (χ0v) is 16.3. The van der Waals surface area contributed by atoms with E-state index in [1.165, 1.54) is 5.56 Å². The van der Waals surface area contributed by atoms with Crippen molar-refractivity contribution in [2.75, 3.05) is 0 Å². The molecule has 1 aromatic rings. The SMILES string of the molecule is CC/C=C(\NC(=O)C(C)c1ccc(CC(C)C)cc1)C(=O)OC(C)C. The topological polar surface area (TPSA) is 55.4 Å². The minimum Gasteiger partial charge on any atom is -0.458 e. The highest BCUT2D eigenvalue weighted by atomic mass is 16.5. The Morgan fingerprint density at radius 1 is 1.08 bits per heavy atom. The number of carbonyl (C=O) groups excluding carboxylic acids is 2. The first-order valence-electron chi connectivity index (χ1n) is 9.05. The van der Waals surface area contributed by atoms with Gasteiger partial charge in [0.25, 0.3) is 0 Å². The number of allylic oxidation sites excluding steroid dienone is 1. The first-order valence-corrected chi connectivity index (χ1v) is 9.05. The highest BCUT2D eigenvalue weighted by molar-refractivity contribution is 5.95. The molecule has 4 nitrogen and oxygen atoms in total. The Bertz CT molecular complexity index is 600. The Morgan fingerprint density at radius 2 is 1.68 bits per heavy atom. The van der Waals surface area contributed by atoms with Gasteiger partial charge in [0.15, 0.2) is 0 Å². The zero-order chi connectivity index (χ0) is 19.0. The molecule has 0 aliphatic heterocycles. The molecule has 1 aromatic carbocycles. The fourth-order valence-electron chi connectivity index (χ4n) is 2.47. The van der Waals surface area contributed by atoms with E-state index in [2.05, 4.69) is 31.3 Å². The zero-order valence-electron chi connectivity index (χ0n) is 16.3. The third kappa shape index (κ3) is 7.12. The predicted octanol–water partition coefficient (Wildman–Crippen LogP) is 4.35. The van der Waals surface area contributed by atoms with Gasteiger partial charge in [-0.3, -0.25) is 4.79 Å². The fourth-order valence-corrected chi connectivity index (χ4v) is 2.47. The molecule has 0 saturated carbocycles. The molecule has 1 atom stereocenters. The molecular formula is C21H31NO3. The third-order valence-electron chi connectivity index (χ3n) is 3.75. The van der Waals surface area contributed by atoms with E-state index < -0.39 is 5.97 Å². The number of hydrogen-bond acceptors (Lipinski definition) is 3. The van der Waals surface area contributed by atoms with E-state index in [0.717, 1.165) is 12.0 Å². The van der Waals surface area contributed by atoms with Gasteiger partial charge in [-0.25, -0.2) is 4.79 Å². The van der Waals surface area contributed by atoms with E-state index >= 15 is 0 Å². The molecule has 0 aliphatic carbocycles. The Balaban J connectivity index is 2.80. The van der Waals surface area contributed by atoms with Gasteiger partial charge in [0.1, 0.15) is 5.70 Å². The van der Waals surface area contributed by atoms with Gasteiger partial charge in [-0.2, -0.15) is 0 Å². The molecule has 1 amide bonds. The van der Waals surface area contributed by atoms with Gasteiger partial charge >= 0.3 is 5.97 Å². The van der Waals surface area contributed by atoms with Crippen LogP contribution in [0, 0.1) is 5.92 Å². The van der Waals surface area contributed by atoms with Gasteiger partial charge in [-0.05, 0) is 50.7 Å². The molecule has 25 heavy (non-hydrogen) atoms. The second-order valence-corrected chi connectivity index (χ2v) is 7.03. The molecule has 0 bridgehead atoms. The van der Waals surface area contributed by atoms with Gasteiger partial charge in [-0.1, -0.05) is 51.1 Å². The molecule has 4 heteroatoms. The van der Waals surface area contributed by atoms with Crippen molar-refractivity contribution in [3.05, 3.63) is 47.2 Å². The summed E-state index contributed by atoms with van der Waals surface area (Å²) in [5, 5.41) is 2.72. The number of nitrogens with one attached hydrogen (secondary N) is 1. The summed E-state index contributed by atoms with van der Waals surface area (Å²) < 4.78 is 5.18. The Kier molecular flexibility index (Phi) is 8.39. The minimum absolute atomic E-state index is 0.211. The average Bonchev–Trinajstić information content (AvgIpc) is 2.53. The minimum atomic E-state index is -0.496. The first-order chi connectivity index (χ1) is 11.7. The molecule has 1 N–H and O–H groups in total. The van der Waals surface area contributed by atoms with Crippen molar-refractivity contribution in [3.63, 3.8) is 0 Å². The number of benzene rings is 1. The summed E-state index contributed by atoms with van der Waals surface area (Å²) >= 11 is 0. The molecule has 0 aromatic heterocycles. The summed E-state index contributed by atoms with van der Waals surface area (Å²) in [6, 6.07) is 8.10. The molecule has 138 valence electrons. The summed E-state index contributed by atoms with van der Waals surface area (Å²) in [4.78, 5) is 24.6. The van der Waals surface area contributed by atoms with Crippen LogP contribution in [0.4, 0.5) is 0 Å². The van der Waals surface area contributed by atoms with Crippen molar-refractivity contribution in [2.45, 2.75) is 66.4 Å². The molecule has 0 saturated heterocycles.